The van der Waals surface area contributed by atoms with Crippen LogP contribution in [-0.2, 0) is 16.0 Å². The molecule has 1 aromatic heterocycles. The number of nitrogens with one attached hydrogen (secondary N) is 1. The number of benzene rings is 2. The molecule has 0 unspecified atom stereocenters. The van der Waals surface area contributed by atoms with Crippen LogP contribution in [0, 0.1) is 5.82 Å². The second kappa shape index (κ2) is 9.32. The van der Waals surface area contributed by atoms with Crippen LogP contribution in [0.25, 0.3) is 0 Å². The minimum atomic E-state index is -1.33. The topological polar surface area (TPSA) is 88.3 Å². The molecule has 1 N–H and O–H groups in total. The second-order valence-corrected chi connectivity index (χ2v) is 8.81. The van der Waals surface area contributed by atoms with Crippen LogP contribution in [0.5, 0.6) is 0 Å². The van der Waals surface area contributed by atoms with Gasteiger partial charge in [-0.05, 0) is 41.5 Å². The molecule has 5 rings (SSSR count). The van der Waals surface area contributed by atoms with Crippen LogP contribution in [0.2, 0.25) is 0 Å². The number of halogens is 2. The van der Waals surface area contributed by atoms with Crippen molar-refractivity contribution < 1.29 is 22.8 Å². The Balaban J connectivity index is 1.38. The van der Waals surface area contributed by atoms with Gasteiger partial charge in [0.15, 0.2) is 0 Å². The highest BCUT2D eigenvalue weighted by molar-refractivity contribution is 5.89. The molecule has 3 aromatic rings. The van der Waals surface area contributed by atoms with Gasteiger partial charge < -0.3 is 14.6 Å². The zero-order valence-electron chi connectivity index (χ0n) is 18.4. The molecular weight excluding hydrogens is 442 g/mol. The summed E-state index contributed by atoms with van der Waals surface area (Å²) < 4.78 is 34.1. The Morgan fingerprint density at radius 1 is 1.15 bits per heavy atom. The summed E-state index contributed by atoms with van der Waals surface area (Å²) in [6.07, 6.45) is 1.41. The predicted molar refractivity (Wildman–Crippen MR) is 118 cm³/mol. The average Bonchev–Trinajstić information content (AvgIpc) is 3.40. The summed E-state index contributed by atoms with van der Waals surface area (Å²) in [6, 6.07) is 12.6. The van der Waals surface area contributed by atoms with Crippen LogP contribution < -0.4 is 5.32 Å². The molecule has 1 saturated carbocycles. The van der Waals surface area contributed by atoms with Gasteiger partial charge in [0.25, 0.3) is 0 Å². The van der Waals surface area contributed by atoms with Crippen molar-refractivity contribution in [3.8, 4) is 0 Å². The molecule has 0 radical (unpaired) electrons. The Kier molecular flexibility index (Phi) is 6.08. The maximum absolute atomic E-state index is 14.8. The molecule has 34 heavy (non-hydrogen) atoms. The van der Waals surface area contributed by atoms with Crippen LogP contribution in [0.1, 0.15) is 53.8 Å². The molecular formula is C25H24F2N4O3. The van der Waals surface area contributed by atoms with Gasteiger partial charge in [0.1, 0.15) is 24.5 Å². The van der Waals surface area contributed by atoms with Gasteiger partial charge in [-0.1, -0.05) is 42.5 Å². The number of hydrogen-bond donors (Lipinski definition) is 1. The number of hydrogen-bond acceptors (Lipinski definition) is 5. The quantitative estimate of drug-likeness (QED) is 0.576. The first kappa shape index (κ1) is 22.2. The monoisotopic (exact) mass is 466 g/mol. The van der Waals surface area contributed by atoms with E-state index in [1.165, 1.54) is 11.0 Å². The van der Waals surface area contributed by atoms with E-state index in [1.54, 1.807) is 6.07 Å². The van der Waals surface area contributed by atoms with E-state index in [9.17, 15) is 18.4 Å². The third kappa shape index (κ3) is 4.69. The lowest BCUT2D eigenvalue weighted by Gasteiger charge is -2.27. The highest BCUT2D eigenvalue weighted by Gasteiger charge is 2.41. The Labute approximate surface area is 195 Å². The molecule has 2 amide bonds. The van der Waals surface area contributed by atoms with Gasteiger partial charge in [0.2, 0.25) is 24.1 Å². The summed E-state index contributed by atoms with van der Waals surface area (Å²) in [5.41, 5.74) is 2.03. The molecule has 0 bridgehead atoms. The summed E-state index contributed by atoms with van der Waals surface area (Å²) in [6.45, 7) is -0.189. The van der Waals surface area contributed by atoms with Gasteiger partial charge >= 0.3 is 0 Å². The molecule has 2 heterocycles. The molecule has 3 atom stereocenters. The van der Waals surface area contributed by atoms with Gasteiger partial charge in [0, 0.05) is 6.42 Å². The standard InChI is InChI=1S/C25H24F2N4O3/c26-18-11-21(31(13-18)23(32)12-22-30-28-14-34-22)25(33)29-24(16-4-2-1-3-5-16)17-8-9-19(15-6-7-15)20(27)10-17/h1-5,8-10,14-15,18,21,24H,6-7,11-13H2,(H,29,33)/t18-,21+,24+/m1/s1. The van der Waals surface area contributed by atoms with Crippen molar-refractivity contribution in [2.45, 2.75) is 49.9 Å². The molecule has 176 valence electrons. The number of likely N-dealkylation sites (tertiary alicyclic amines) is 1. The Bertz CT molecular complexity index is 1170. The minimum absolute atomic E-state index is 0.0971. The number of amides is 2. The van der Waals surface area contributed by atoms with Crippen LogP contribution >= 0.6 is 0 Å². The minimum Gasteiger partial charge on any atom is -0.427 e. The fourth-order valence-electron chi connectivity index (χ4n) is 4.50. The number of nitrogens with zero attached hydrogens (tertiary/aromatic N) is 3. The fourth-order valence-corrected chi connectivity index (χ4v) is 4.50. The van der Waals surface area contributed by atoms with E-state index in [-0.39, 0.29) is 37.0 Å². The van der Waals surface area contributed by atoms with Gasteiger partial charge in [-0.2, -0.15) is 0 Å². The number of carbonyl (C=O) groups is 2. The maximum atomic E-state index is 14.8. The van der Waals surface area contributed by atoms with E-state index in [2.05, 4.69) is 15.5 Å². The van der Waals surface area contributed by atoms with E-state index in [0.29, 0.717) is 11.1 Å². The number of rotatable bonds is 7. The Morgan fingerprint density at radius 3 is 2.62 bits per heavy atom. The largest absolute Gasteiger partial charge is 0.427 e. The second-order valence-electron chi connectivity index (χ2n) is 8.81. The Hall–Kier alpha value is -3.62. The van der Waals surface area contributed by atoms with Crippen LogP contribution in [0.3, 0.4) is 0 Å². The molecule has 2 fully saturated rings. The molecule has 7 nitrogen and oxygen atoms in total. The van der Waals surface area contributed by atoms with E-state index in [0.717, 1.165) is 24.8 Å². The molecule has 2 aromatic carbocycles. The SMILES string of the molecule is O=C(N[C@@H](c1ccccc1)c1ccc(C2CC2)c(F)c1)[C@@H]1C[C@@H](F)CN1C(=O)Cc1nnco1. The lowest BCUT2D eigenvalue weighted by Crippen LogP contribution is -2.47. The van der Waals surface area contributed by atoms with Crippen molar-refractivity contribution in [2.24, 2.45) is 0 Å². The van der Waals surface area contributed by atoms with Gasteiger partial charge in [0.05, 0.1) is 12.6 Å². The van der Waals surface area contributed by atoms with Crippen molar-refractivity contribution in [2.75, 3.05) is 6.54 Å². The lowest BCUT2D eigenvalue weighted by atomic mass is 9.96. The fraction of sp³-hybridized carbons (Fsp3) is 0.360. The Morgan fingerprint density at radius 2 is 1.94 bits per heavy atom. The normalized spacial score (nSPS) is 20.8. The zero-order valence-corrected chi connectivity index (χ0v) is 18.4. The van der Waals surface area contributed by atoms with Crippen molar-refractivity contribution >= 4 is 11.8 Å². The van der Waals surface area contributed by atoms with Crippen molar-refractivity contribution in [1.29, 1.82) is 0 Å². The van der Waals surface area contributed by atoms with E-state index < -0.39 is 30.1 Å². The summed E-state index contributed by atoms with van der Waals surface area (Å²) in [5.74, 6) is -0.909. The third-order valence-electron chi connectivity index (χ3n) is 6.38. The molecule has 9 heteroatoms. The summed E-state index contributed by atoms with van der Waals surface area (Å²) in [4.78, 5) is 27.3. The molecule has 0 spiro atoms. The first-order valence-electron chi connectivity index (χ1n) is 11.3. The number of aromatic nitrogens is 2. The van der Waals surface area contributed by atoms with Crippen molar-refractivity contribution in [3.63, 3.8) is 0 Å². The van der Waals surface area contributed by atoms with Crippen molar-refractivity contribution in [1.82, 2.24) is 20.4 Å². The maximum Gasteiger partial charge on any atom is 0.243 e. The van der Waals surface area contributed by atoms with Crippen LogP contribution in [0.15, 0.2) is 59.3 Å². The predicted octanol–water partition coefficient (Wildman–Crippen LogP) is 3.47. The van der Waals surface area contributed by atoms with E-state index in [4.69, 9.17) is 4.42 Å². The number of carbonyl (C=O) groups excluding carboxylic acids is 2. The molecule has 1 aliphatic carbocycles. The van der Waals surface area contributed by atoms with Crippen LogP contribution in [0.4, 0.5) is 8.78 Å². The first-order valence-corrected chi connectivity index (χ1v) is 11.3. The van der Waals surface area contributed by atoms with Gasteiger partial charge in [-0.3, -0.25) is 9.59 Å². The smallest absolute Gasteiger partial charge is 0.243 e. The number of alkyl halides is 1. The molecule has 1 saturated heterocycles. The zero-order chi connectivity index (χ0) is 23.7. The van der Waals surface area contributed by atoms with Crippen molar-refractivity contribution in [3.05, 3.63) is 83.3 Å². The van der Waals surface area contributed by atoms with E-state index in [1.807, 2.05) is 36.4 Å². The summed E-state index contributed by atoms with van der Waals surface area (Å²) >= 11 is 0. The van der Waals surface area contributed by atoms with Gasteiger partial charge in [-0.25, -0.2) is 8.78 Å². The van der Waals surface area contributed by atoms with Crippen LogP contribution in [-0.4, -0.2) is 45.7 Å². The lowest BCUT2D eigenvalue weighted by molar-refractivity contribution is -0.138. The highest BCUT2D eigenvalue weighted by atomic mass is 19.1. The first-order chi connectivity index (χ1) is 16.5. The highest BCUT2D eigenvalue weighted by Crippen LogP contribution is 2.42. The van der Waals surface area contributed by atoms with E-state index >= 15 is 0 Å². The average molecular weight is 466 g/mol. The molecule has 1 aliphatic heterocycles. The summed E-state index contributed by atoms with van der Waals surface area (Å²) in [7, 11) is 0. The van der Waals surface area contributed by atoms with Gasteiger partial charge in [-0.15, -0.1) is 10.2 Å². The third-order valence-corrected chi connectivity index (χ3v) is 6.38. The molecule has 2 aliphatic rings. The summed E-state index contributed by atoms with van der Waals surface area (Å²) in [5, 5.41) is 10.1.